The molecule has 0 unspecified atom stereocenters. The van der Waals surface area contributed by atoms with Crippen LogP contribution in [0.3, 0.4) is 0 Å². The Morgan fingerprint density at radius 3 is 2.74 bits per heavy atom. The molecule has 1 aromatic rings. The first-order chi connectivity index (χ1) is 13.1. The Hall–Kier alpha value is -2.67. The van der Waals surface area contributed by atoms with Crippen LogP contribution < -0.4 is 10.7 Å². The Balaban J connectivity index is 1.48. The van der Waals surface area contributed by atoms with E-state index in [1.165, 1.54) is 0 Å². The fourth-order valence-electron chi connectivity index (χ4n) is 3.77. The van der Waals surface area contributed by atoms with Gasteiger partial charge >= 0.3 is 12.0 Å². The molecular formula is C20H25N3O4. The number of anilines is 1. The minimum absolute atomic E-state index is 0.148. The summed E-state index contributed by atoms with van der Waals surface area (Å²) in [6.07, 6.45) is 9.67. The minimum Gasteiger partial charge on any atom is -0.481 e. The van der Waals surface area contributed by atoms with Crippen LogP contribution in [0.5, 0.6) is 0 Å². The summed E-state index contributed by atoms with van der Waals surface area (Å²) in [6, 6.07) is 8.80. The number of nitrogens with one attached hydrogen (secondary N) is 2. The van der Waals surface area contributed by atoms with Gasteiger partial charge in [-0.1, -0.05) is 30.4 Å². The summed E-state index contributed by atoms with van der Waals surface area (Å²) < 4.78 is 6.00. The smallest absolute Gasteiger partial charge is 0.339 e. The fraction of sp³-hybridized carbons (Fsp3) is 0.450. The lowest BCUT2D eigenvalue weighted by Crippen LogP contribution is -2.30. The summed E-state index contributed by atoms with van der Waals surface area (Å²) in [4.78, 5) is 22.5. The number of amides is 2. The number of hydrogen-bond acceptors (Lipinski definition) is 4. The van der Waals surface area contributed by atoms with Gasteiger partial charge in [0.2, 0.25) is 0 Å². The van der Waals surface area contributed by atoms with Crippen LogP contribution >= 0.6 is 0 Å². The zero-order valence-electron chi connectivity index (χ0n) is 15.1. The number of urea groups is 1. The maximum Gasteiger partial charge on any atom is 0.339 e. The largest absolute Gasteiger partial charge is 0.481 e. The number of ether oxygens (including phenoxy) is 1. The number of aliphatic carboxylic acids is 1. The van der Waals surface area contributed by atoms with Crippen molar-refractivity contribution in [2.45, 2.75) is 44.3 Å². The first-order valence-electron chi connectivity index (χ1n) is 9.31. The number of benzene rings is 1. The van der Waals surface area contributed by atoms with E-state index in [9.17, 15) is 9.59 Å². The highest BCUT2D eigenvalue weighted by Crippen LogP contribution is 2.44. The first kappa shape index (κ1) is 19.1. The average molecular weight is 371 g/mol. The van der Waals surface area contributed by atoms with Gasteiger partial charge in [0.25, 0.3) is 0 Å². The third-order valence-electron chi connectivity index (χ3n) is 5.03. The van der Waals surface area contributed by atoms with Gasteiger partial charge in [0.05, 0.1) is 12.2 Å². The summed E-state index contributed by atoms with van der Waals surface area (Å²) in [5, 5.41) is 15.5. The number of carboxylic acids is 1. The molecule has 2 bridgehead atoms. The molecule has 7 heteroatoms. The van der Waals surface area contributed by atoms with E-state index in [1.54, 1.807) is 18.3 Å². The van der Waals surface area contributed by atoms with Gasteiger partial charge in [-0.15, -0.1) is 0 Å². The van der Waals surface area contributed by atoms with E-state index in [1.807, 2.05) is 30.4 Å². The van der Waals surface area contributed by atoms with Gasteiger partial charge in [-0.25, -0.2) is 10.2 Å². The zero-order chi connectivity index (χ0) is 19.1. The molecule has 3 rings (SSSR count). The van der Waals surface area contributed by atoms with Crippen LogP contribution in [-0.2, 0) is 9.53 Å². The molecule has 2 saturated heterocycles. The number of hydrogen-bond donors (Lipinski definition) is 3. The SMILES string of the molecule is O=C(O)CC/C=C\C[C@@H]1[C@H](/C=N/NC(=O)Nc2ccccc2)[C@H]2CC[C@@H]1O2. The molecule has 1 aromatic carbocycles. The topological polar surface area (TPSA) is 100 Å². The predicted molar refractivity (Wildman–Crippen MR) is 103 cm³/mol. The molecule has 2 aliphatic heterocycles. The monoisotopic (exact) mass is 371 g/mol. The molecule has 0 aliphatic carbocycles. The van der Waals surface area contributed by atoms with Gasteiger partial charge in [0.15, 0.2) is 0 Å². The number of hydrazone groups is 1. The summed E-state index contributed by atoms with van der Waals surface area (Å²) in [5.41, 5.74) is 3.21. The van der Waals surface area contributed by atoms with Gasteiger partial charge in [-0.2, -0.15) is 5.10 Å². The van der Waals surface area contributed by atoms with Crippen molar-refractivity contribution >= 4 is 23.9 Å². The predicted octanol–water partition coefficient (Wildman–Crippen LogP) is 3.40. The third-order valence-corrected chi connectivity index (χ3v) is 5.03. The standard InChI is InChI=1S/C20H25N3O4/c24-19(25)10-6-2-5-9-15-16(18-12-11-17(15)27-18)13-21-23-20(26)22-14-7-3-1-4-8-14/h1-5,7-8,13,15-18H,6,9-12H2,(H,24,25)(H2,22,23,26)/b5-2-,21-13+/t15-,16+,17+,18-/m1/s1. The van der Waals surface area contributed by atoms with Crippen LogP contribution in [0.4, 0.5) is 10.5 Å². The van der Waals surface area contributed by atoms with Crippen molar-refractivity contribution in [1.29, 1.82) is 0 Å². The fourth-order valence-corrected chi connectivity index (χ4v) is 3.77. The number of rotatable bonds is 8. The minimum atomic E-state index is -0.784. The number of allylic oxidation sites excluding steroid dienone is 2. The summed E-state index contributed by atoms with van der Waals surface area (Å²) in [6.45, 7) is 0. The second kappa shape index (κ2) is 9.32. The lowest BCUT2D eigenvalue weighted by atomic mass is 9.78. The van der Waals surface area contributed by atoms with Gasteiger partial charge in [0, 0.05) is 24.2 Å². The molecule has 144 valence electrons. The maximum atomic E-state index is 11.9. The van der Waals surface area contributed by atoms with Crippen LogP contribution in [-0.4, -0.2) is 35.5 Å². The van der Waals surface area contributed by atoms with Gasteiger partial charge in [-0.3, -0.25) is 4.79 Å². The molecule has 0 spiro atoms. The lowest BCUT2D eigenvalue weighted by molar-refractivity contribution is -0.136. The lowest BCUT2D eigenvalue weighted by Gasteiger charge is -2.23. The second-order valence-electron chi connectivity index (χ2n) is 6.88. The average Bonchev–Trinajstić information content (AvgIpc) is 3.24. The van der Waals surface area contributed by atoms with E-state index in [2.05, 4.69) is 15.8 Å². The molecule has 3 N–H and O–H groups in total. The Morgan fingerprint density at radius 2 is 1.96 bits per heavy atom. The van der Waals surface area contributed by atoms with Crippen molar-refractivity contribution in [2.75, 3.05) is 5.32 Å². The zero-order valence-corrected chi connectivity index (χ0v) is 15.1. The number of carbonyl (C=O) groups excluding carboxylic acids is 1. The van der Waals surface area contributed by atoms with Crippen molar-refractivity contribution in [3.63, 3.8) is 0 Å². The molecule has 27 heavy (non-hydrogen) atoms. The Morgan fingerprint density at radius 1 is 1.19 bits per heavy atom. The number of para-hydroxylation sites is 1. The second-order valence-corrected chi connectivity index (χ2v) is 6.88. The van der Waals surface area contributed by atoms with Gasteiger partial charge in [-0.05, 0) is 43.7 Å². The van der Waals surface area contributed by atoms with E-state index < -0.39 is 5.97 Å². The summed E-state index contributed by atoms with van der Waals surface area (Å²) in [5.74, 6) is -0.315. The third kappa shape index (κ3) is 5.40. The molecule has 0 radical (unpaired) electrons. The summed E-state index contributed by atoms with van der Waals surface area (Å²) in [7, 11) is 0. The molecule has 7 nitrogen and oxygen atoms in total. The molecular weight excluding hydrogens is 346 g/mol. The number of carbonyl (C=O) groups is 2. The van der Waals surface area contributed by atoms with Crippen LogP contribution in [0.1, 0.15) is 32.1 Å². The van der Waals surface area contributed by atoms with Crippen molar-refractivity contribution < 1.29 is 19.4 Å². The van der Waals surface area contributed by atoms with E-state index in [0.717, 1.165) is 19.3 Å². The molecule has 0 saturated carbocycles. The normalized spacial score (nSPS) is 26.7. The Kier molecular flexibility index (Phi) is 6.59. The highest BCUT2D eigenvalue weighted by molar-refractivity contribution is 5.89. The van der Waals surface area contributed by atoms with Crippen molar-refractivity contribution in [2.24, 2.45) is 16.9 Å². The molecule has 0 aromatic heterocycles. The van der Waals surface area contributed by atoms with E-state index in [-0.39, 0.29) is 30.6 Å². The maximum absolute atomic E-state index is 11.9. The quantitative estimate of drug-likeness (QED) is 0.370. The molecule has 4 atom stereocenters. The highest BCUT2D eigenvalue weighted by Gasteiger charge is 2.47. The van der Waals surface area contributed by atoms with Gasteiger partial charge in [0.1, 0.15) is 0 Å². The first-order valence-corrected chi connectivity index (χ1v) is 9.31. The van der Waals surface area contributed by atoms with Crippen molar-refractivity contribution in [1.82, 2.24) is 5.43 Å². The van der Waals surface area contributed by atoms with E-state index in [0.29, 0.717) is 18.0 Å². The Bertz CT molecular complexity index is 704. The molecule has 2 fully saturated rings. The van der Waals surface area contributed by atoms with E-state index >= 15 is 0 Å². The number of carboxylic acid groups (broad SMARTS) is 1. The van der Waals surface area contributed by atoms with Crippen LogP contribution in [0.25, 0.3) is 0 Å². The van der Waals surface area contributed by atoms with Crippen LogP contribution in [0.2, 0.25) is 0 Å². The van der Waals surface area contributed by atoms with E-state index in [4.69, 9.17) is 9.84 Å². The number of fused-ring (bicyclic) bond motifs is 2. The van der Waals surface area contributed by atoms with Gasteiger partial charge < -0.3 is 15.2 Å². The van der Waals surface area contributed by atoms with Crippen molar-refractivity contribution in [3.8, 4) is 0 Å². The molecule has 2 aliphatic rings. The van der Waals surface area contributed by atoms with Crippen LogP contribution in [0.15, 0.2) is 47.6 Å². The summed E-state index contributed by atoms with van der Waals surface area (Å²) >= 11 is 0. The molecule has 2 heterocycles. The Labute approximate surface area is 158 Å². The highest BCUT2D eigenvalue weighted by atomic mass is 16.5. The van der Waals surface area contributed by atoms with Crippen LogP contribution in [0, 0.1) is 11.8 Å². The molecule has 2 amide bonds. The van der Waals surface area contributed by atoms with Crippen molar-refractivity contribution in [3.05, 3.63) is 42.5 Å². The number of nitrogens with zero attached hydrogens (tertiary/aromatic N) is 1.